The molecule has 4 atom stereocenters. The third kappa shape index (κ3) is 9.43. The quantitative estimate of drug-likeness (QED) is 0.198. The minimum Gasteiger partial charge on any atom is -0.497 e. The van der Waals surface area contributed by atoms with Crippen LogP contribution in [-0.4, -0.2) is 75.3 Å². The smallest absolute Gasteiger partial charge is 0.329 e. The minimum absolute atomic E-state index is 0.0419. The van der Waals surface area contributed by atoms with E-state index in [1.54, 1.807) is 83.5 Å². The molecule has 2 aromatic carbocycles. The summed E-state index contributed by atoms with van der Waals surface area (Å²) >= 11 is 0. The molecule has 0 aliphatic carbocycles. The summed E-state index contributed by atoms with van der Waals surface area (Å²) < 4.78 is 45.3. The van der Waals surface area contributed by atoms with Gasteiger partial charge in [0.25, 0.3) is 5.91 Å². The molecule has 0 radical (unpaired) electrons. The fraction of sp³-hybridized carbons (Fsp3) is 0.429. The van der Waals surface area contributed by atoms with Crippen molar-refractivity contribution >= 4 is 17.8 Å². The van der Waals surface area contributed by atoms with Gasteiger partial charge in [-0.1, -0.05) is 13.8 Å². The molecule has 1 saturated heterocycles. The number of carbonyl (C=O) groups excluding carboxylic acids is 3. The second-order valence-corrected chi connectivity index (χ2v) is 11.3. The van der Waals surface area contributed by atoms with Crippen LogP contribution in [0.2, 0.25) is 0 Å². The molecular weight excluding hydrogens is 624 g/mol. The fourth-order valence-electron chi connectivity index (χ4n) is 4.94. The van der Waals surface area contributed by atoms with Crippen molar-refractivity contribution in [1.29, 1.82) is 0 Å². The predicted molar refractivity (Wildman–Crippen MR) is 173 cm³/mol. The molecule has 1 aromatic heterocycles. The summed E-state index contributed by atoms with van der Waals surface area (Å²) in [5, 5.41) is 2.74. The summed E-state index contributed by atoms with van der Waals surface area (Å²) in [4.78, 5) is 43.2. The van der Waals surface area contributed by atoms with Gasteiger partial charge in [0.05, 0.1) is 27.2 Å². The number of cyclic esters (lactones) is 1. The number of rotatable bonds is 13. The molecule has 1 fully saturated rings. The predicted octanol–water partition coefficient (Wildman–Crippen LogP) is 4.75. The molecule has 48 heavy (non-hydrogen) atoms. The number of hydrogen-bond acceptors (Lipinski definition) is 12. The highest BCUT2D eigenvalue weighted by Gasteiger charge is 2.37. The van der Waals surface area contributed by atoms with Gasteiger partial charge in [-0.05, 0) is 74.7 Å². The second-order valence-electron chi connectivity index (χ2n) is 11.3. The van der Waals surface area contributed by atoms with Crippen molar-refractivity contribution < 1.29 is 52.3 Å². The standard InChI is InChI=1S/C35H42N2O11/c1-21(2)34(39)45-20-44-32-28(43-6)18-19-36-30(32)33(38)37-27-8-7-9-29(47-25-14-10-23(41-4)11-15-25)31(22(3)46-35(27)40)48-26-16-12-24(42-5)13-17-26/h10-19,21-22,27,29,31H,7-9,20H2,1-6H3,(H,37,38)/t22-,27-,29?,31-/m0/s1. The monoisotopic (exact) mass is 666 g/mol. The van der Waals surface area contributed by atoms with Crippen LogP contribution in [0.4, 0.5) is 0 Å². The van der Waals surface area contributed by atoms with Gasteiger partial charge < -0.3 is 43.2 Å². The summed E-state index contributed by atoms with van der Waals surface area (Å²) in [7, 11) is 4.56. The number of ether oxygens (including phenoxy) is 8. The molecular formula is C35H42N2O11. The lowest BCUT2D eigenvalue weighted by Crippen LogP contribution is -2.47. The van der Waals surface area contributed by atoms with Crippen LogP contribution in [-0.2, 0) is 19.1 Å². The normalized spacial score (nSPS) is 19.4. The molecule has 3 aromatic rings. The third-order valence-electron chi connectivity index (χ3n) is 7.56. The number of benzene rings is 2. The zero-order chi connectivity index (χ0) is 34.6. The molecule has 13 nitrogen and oxygen atoms in total. The fourth-order valence-corrected chi connectivity index (χ4v) is 4.94. The van der Waals surface area contributed by atoms with Crippen molar-refractivity contribution in [2.75, 3.05) is 28.1 Å². The van der Waals surface area contributed by atoms with Crippen LogP contribution in [0.5, 0.6) is 34.5 Å². The maximum absolute atomic E-state index is 13.5. The van der Waals surface area contributed by atoms with Crippen LogP contribution in [0.1, 0.15) is 50.5 Å². The Bertz CT molecular complexity index is 1510. The summed E-state index contributed by atoms with van der Waals surface area (Å²) in [6, 6.07) is 14.7. The largest absolute Gasteiger partial charge is 0.497 e. The first kappa shape index (κ1) is 35.7. The highest BCUT2D eigenvalue weighted by atomic mass is 16.7. The van der Waals surface area contributed by atoms with E-state index in [1.807, 2.05) is 0 Å². The molecule has 1 unspecified atom stereocenters. The highest BCUT2D eigenvalue weighted by molar-refractivity contribution is 5.98. The molecule has 1 N–H and O–H groups in total. The van der Waals surface area contributed by atoms with E-state index >= 15 is 0 Å². The topological polar surface area (TPSA) is 150 Å². The lowest BCUT2D eigenvalue weighted by atomic mass is 10.0. The average molecular weight is 667 g/mol. The van der Waals surface area contributed by atoms with Gasteiger partial charge in [0.2, 0.25) is 6.79 Å². The molecule has 0 saturated carbocycles. The summed E-state index contributed by atoms with van der Waals surface area (Å²) in [5.41, 5.74) is -0.155. The van der Waals surface area contributed by atoms with E-state index in [2.05, 4.69) is 10.3 Å². The summed E-state index contributed by atoms with van der Waals surface area (Å²) in [6.45, 7) is 4.62. The Morgan fingerprint density at radius 3 is 2.06 bits per heavy atom. The van der Waals surface area contributed by atoms with Crippen molar-refractivity contribution in [2.24, 2.45) is 5.92 Å². The molecule has 258 valence electrons. The Morgan fingerprint density at radius 2 is 1.48 bits per heavy atom. The molecule has 0 spiro atoms. The number of amides is 1. The number of nitrogens with zero attached hydrogens (tertiary/aromatic N) is 1. The van der Waals surface area contributed by atoms with Gasteiger partial charge in [0.1, 0.15) is 41.2 Å². The number of nitrogens with one attached hydrogen (secondary N) is 1. The van der Waals surface area contributed by atoms with Crippen LogP contribution in [0.25, 0.3) is 0 Å². The number of carbonyl (C=O) groups is 3. The molecule has 4 rings (SSSR count). The highest BCUT2D eigenvalue weighted by Crippen LogP contribution is 2.31. The van der Waals surface area contributed by atoms with Crippen LogP contribution in [0, 0.1) is 5.92 Å². The third-order valence-corrected chi connectivity index (χ3v) is 7.56. The second kappa shape index (κ2) is 17.1. The lowest BCUT2D eigenvalue weighted by molar-refractivity contribution is -0.157. The number of hydrogen-bond donors (Lipinski definition) is 1. The first-order valence-electron chi connectivity index (χ1n) is 15.6. The van der Waals surface area contributed by atoms with Crippen molar-refractivity contribution in [2.45, 2.75) is 64.4 Å². The van der Waals surface area contributed by atoms with E-state index in [4.69, 9.17) is 37.9 Å². The van der Waals surface area contributed by atoms with Crippen LogP contribution in [0.15, 0.2) is 60.8 Å². The Kier molecular flexibility index (Phi) is 12.7. The van der Waals surface area contributed by atoms with E-state index < -0.39 is 49.0 Å². The first-order chi connectivity index (χ1) is 23.1. The van der Waals surface area contributed by atoms with Gasteiger partial charge in [-0.3, -0.25) is 9.59 Å². The van der Waals surface area contributed by atoms with Gasteiger partial charge in [0, 0.05) is 12.3 Å². The van der Waals surface area contributed by atoms with Crippen LogP contribution in [0.3, 0.4) is 0 Å². The Morgan fingerprint density at radius 1 is 0.875 bits per heavy atom. The van der Waals surface area contributed by atoms with E-state index in [1.165, 1.54) is 19.4 Å². The molecule has 13 heteroatoms. The Balaban J connectivity index is 1.54. The molecule has 2 heterocycles. The maximum atomic E-state index is 13.5. The van der Waals surface area contributed by atoms with E-state index in [0.717, 1.165) is 0 Å². The average Bonchev–Trinajstić information content (AvgIpc) is 3.14. The number of esters is 2. The number of pyridine rings is 1. The minimum atomic E-state index is -1.03. The zero-order valence-electron chi connectivity index (χ0n) is 27.9. The molecule has 1 aliphatic rings. The van der Waals surface area contributed by atoms with Gasteiger partial charge in [-0.25, -0.2) is 9.78 Å². The van der Waals surface area contributed by atoms with E-state index in [9.17, 15) is 14.4 Å². The maximum Gasteiger partial charge on any atom is 0.329 e. The van der Waals surface area contributed by atoms with E-state index in [-0.39, 0.29) is 29.5 Å². The van der Waals surface area contributed by atoms with Gasteiger partial charge in [-0.15, -0.1) is 0 Å². The van der Waals surface area contributed by atoms with Crippen molar-refractivity contribution in [3.05, 3.63) is 66.5 Å². The van der Waals surface area contributed by atoms with Crippen LogP contribution < -0.4 is 33.7 Å². The SMILES string of the molecule is COc1ccc(OC2CCC[C@H](NC(=O)c3nccc(OC)c3OCOC(=O)C(C)C)C(=O)O[C@@H](C)[C@@H]2Oc2ccc(OC)cc2)cc1. The summed E-state index contributed by atoms with van der Waals surface area (Å²) in [6.07, 6.45) is 0.500. The number of aromatic nitrogens is 1. The molecule has 0 bridgehead atoms. The molecule has 1 amide bonds. The number of methoxy groups -OCH3 is 3. The zero-order valence-corrected chi connectivity index (χ0v) is 27.9. The van der Waals surface area contributed by atoms with Gasteiger partial charge in [0.15, 0.2) is 23.3 Å². The van der Waals surface area contributed by atoms with Crippen molar-refractivity contribution in [3.63, 3.8) is 0 Å². The van der Waals surface area contributed by atoms with Gasteiger partial charge >= 0.3 is 11.9 Å². The first-order valence-corrected chi connectivity index (χ1v) is 15.6. The Hall–Kier alpha value is -5.20. The van der Waals surface area contributed by atoms with Crippen molar-refractivity contribution in [1.82, 2.24) is 10.3 Å². The van der Waals surface area contributed by atoms with E-state index in [0.29, 0.717) is 35.8 Å². The lowest BCUT2D eigenvalue weighted by Gasteiger charge is -2.32. The summed E-state index contributed by atoms with van der Waals surface area (Å²) in [5.74, 6) is 0.412. The molecule has 1 aliphatic heterocycles. The van der Waals surface area contributed by atoms with Crippen molar-refractivity contribution in [3.8, 4) is 34.5 Å². The van der Waals surface area contributed by atoms with Crippen LogP contribution >= 0.6 is 0 Å². The van der Waals surface area contributed by atoms with Gasteiger partial charge in [-0.2, -0.15) is 0 Å². The Labute approximate surface area is 279 Å².